The summed E-state index contributed by atoms with van der Waals surface area (Å²) in [5.41, 5.74) is 4.04. The Morgan fingerprint density at radius 1 is 1.12 bits per heavy atom. The maximum absolute atomic E-state index is 13.4. The molecule has 0 atom stereocenters. The fraction of sp³-hybridized carbons (Fsp3) is 0.483. The number of carbonyl (C=O) groups excluding carboxylic acids is 1. The zero-order valence-corrected chi connectivity index (χ0v) is 23.6. The van der Waals surface area contributed by atoms with E-state index in [0.717, 1.165) is 79.3 Å². The zero-order chi connectivity index (χ0) is 28.1. The molecule has 2 aromatic heterocycles. The van der Waals surface area contributed by atoms with Gasteiger partial charge >= 0.3 is 0 Å². The van der Waals surface area contributed by atoms with Crippen molar-refractivity contribution in [1.29, 1.82) is 0 Å². The quantitative estimate of drug-likeness (QED) is 0.406. The summed E-state index contributed by atoms with van der Waals surface area (Å²) < 4.78 is 46.2. The van der Waals surface area contributed by atoms with Crippen LogP contribution >= 0.6 is 0 Å². The van der Waals surface area contributed by atoms with Gasteiger partial charge in [-0.3, -0.25) is 14.5 Å². The van der Waals surface area contributed by atoms with Crippen LogP contribution in [0.5, 0.6) is 5.88 Å². The summed E-state index contributed by atoms with van der Waals surface area (Å²) in [4.78, 5) is 26.2. The van der Waals surface area contributed by atoms with Crippen LogP contribution in [-0.4, -0.2) is 74.9 Å². The lowest BCUT2D eigenvalue weighted by atomic mass is 9.64. The van der Waals surface area contributed by atoms with Crippen LogP contribution in [0.1, 0.15) is 44.1 Å². The third kappa shape index (κ3) is 4.89. The van der Waals surface area contributed by atoms with Gasteiger partial charge in [0.15, 0.2) is 0 Å². The van der Waals surface area contributed by atoms with E-state index >= 15 is 0 Å². The molecule has 1 amide bonds. The maximum atomic E-state index is 13.4. The Bertz CT molecular complexity index is 1570. The number of alkyl halides is 1. The van der Waals surface area contributed by atoms with Crippen LogP contribution in [0.25, 0.3) is 22.0 Å². The summed E-state index contributed by atoms with van der Waals surface area (Å²) in [5.74, 6) is 0.337. The van der Waals surface area contributed by atoms with Crippen molar-refractivity contribution in [3.63, 3.8) is 0 Å². The Hall–Kier alpha value is -3.31. The van der Waals surface area contributed by atoms with Crippen molar-refractivity contribution in [1.82, 2.24) is 14.9 Å². The highest BCUT2D eigenvalue weighted by Crippen LogP contribution is 2.55. The predicted octanol–water partition coefficient (Wildman–Crippen LogP) is 4.27. The number of aromatic nitrogens is 2. The lowest BCUT2D eigenvalue weighted by molar-refractivity contribution is -0.125. The minimum Gasteiger partial charge on any atom is -0.476 e. The largest absolute Gasteiger partial charge is 0.476 e. The van der Waals surface area contributed by atoms with Crippen LogP contribution in [0.15, 0.2) is 36.7 Å². The number of likely N-dealkylation sites (tertiary alicyclic amines) is 1. The number of pyridine rings is 2. The highest BCUT2D eigenvalue weighted by Gasteiger charge is 2.54. The molecule has 9 nitrogen and oxygen atoms in total. The number of nitrogens with zero attached hydrogens (tertiary/aromatic N) is 4. The Morgan fingerprint density at radius 2 is 1.90 bits per heavy atom. The third-order valence-corrected chi connectivity index (χ3v) is 9.05. The van der Waals surface area contributed by atoms with E-state index in [1.54, 1.807) is 23.4 Å². The minimum atomic E-state index is -3.58. The van der Waals surface area contributed by atoms with Crippen LogP contribution in [0, 0.1) is 0 Å². The molecule has 1 aromatic carbocycles. The van der Waals surface area contributed by atoms with Gasteiger partial charge in [0.05, 0.1) is 35.7 Å². The molecule has 1 spiro atoms. The topological polar surface area (TPSA) is 105 Å². The summed E-state index contributed by atoms with van der Waals surface area (Å²) in [6.45, 7) is 2.63. The number of nitrogens with one attached hydrogen (secondary N) is 1. The normalized spacial score (nSPS) is 19.2. The van der Waals surface area contributed by atoms with E-state index in [9.17, 15) is 17.6 Å². The van der Waals surface area contributed by atoms with Crippen LogP contribution < -0.4 is 14.4 Å². The Morgan fingerprint density at radius 3 is 2.60 bits per heavy atom. The fourth-order valence-corrected chi connectivity index (χ4v) is 6.78. The van der Waals surface area contributed by atoms with Gasteiger partial charge in [0.1, 0.15) is 11.9 Å². The molecule has 40 heavy (non-hydrogen) atoms. The standard InChI is InChI=1S/C29H34FN5O4S/c1-34-25-18-31-23-6-5-19(15-22(23)26(25)29(28(34)36)9-3-10-29)20-16-24(33-40(2,37)38)27(32-17-20)39-14-4-11-35-12-7-21(30)8-13-35/h5-6,15-18,21,33H,3-4,7-14H2,1-2H3. The first-order chi connectivity index (χ1) is 19.1. The van der Waals surface area contributed by atoms with E-state index in [1.807, 2.05) is 25.2 Å². The number of amides is 1. The van der Waals surface area contributed by atoms with Gasteiger partial charge in [-0.2, -0.15) is 0 Å². The molecule has 3 aromatic rings. The smallest absolute Gasteiger partial charge is 0.238 e. The molecule has 3 aliphatic rings. The van der Waals surface area contributed by atoms with Gasteiger partial charge in [-0.25, -0.2) is 17.8 Å². The van der Waals surface area contributed by atoms with Gasteiger partial charge in [-0.1, -0.05) is 12.5 Å². The lowest BCUT2D eigenvalue weighted by Gasteiger charge is -2.37. The van der Waals surface area contributed by atoms with Crippen molar-refractivity contribution in [2.24, 2.45) is 0 Å². The SMILES string of the molecule is CN1C(=O)C2(CCC2)c2c1cnc1ccc(-c3cnc(OCCCN4CCC(F)CC4)c(NS(C)(=O)=O)c3)cc21. The first-order valence-electron chi connectivity index (χ1n) is 13.8. The summed E-state index contributed by atoms with van der Waals surface area (Å²) in [6.07, 6.45) is 8.36. The van der Waals surface area contributed by atoms with E-state index in [4.69, 9.17) is 4.74 Å². The highest BCUT2D eigenvalue weighted by molar-refractivity contribution is 7.92. The van der Waals surface area contributed by atoms with Crippen LogP contribution in [0.4, 0.5) is 15.8 Å². The number of hydrogen-bond acceptors (Lipinski definition) is 7. The van der Waals surface area contributed by atoms with Crippen LogP contribution in [0.2, 0.25) is 0 Å². The van der Waals surface area contributed by atoms with E-state index in [-0.39, 0.29) is 17.5 Å². The third-order valence-electron chi connectivity index (χ3n) is 8.46. The molecule has 0 unspecified atom stereocenters. The van der Waals surface area contributed by atoms with Gasteiger partial charge in [-0.15, -0.1) is 0 Å². The number of halogens is 1. The average molecular weight is 568 g/mol. The number of hydrogen-bond donors (Lipinski definition) is 1. The molecular formula is C29H34FN5O4S. The van der Waals surface area contributed by atoms with E-state index < -0.39 is 21.6 Å². The van der Waals surface area contributed by atoms with Crippen molar-refractivity contribution in [2.75, 3.05) is 49.2 Å². The monoisotopic (exact) mass is 567 g/mol. The maximum Gasteiger partial charge on any atom is 0.238 e. The molecule has 1 saturated heterocycles. The van der Waals surface area contributed by atoms with Crippen molar-refractivity contribution < 1.29 is 22.3 Å². The number of benzene rings is 1. The van der Waals surface area contributed by atoms with Gasteiger partial charge < -0.3 is 14.5 Å². The molecule has 1 saturated carbocycles. The molecule has 11 heteroatoms. The molecule has 6 rings (SSSR count). The minimum absolute atomic E-state index is 0.128. The van der Waals surface area contributed by atoms with E-state index in [1.165, 1.54) is 0 Å². The Kier molecular flexibility index (Phi) is 6.90. The number of sulfonamides is 1. The molecule has 1 N–H and O–H groups in total. The van der Waals surface area contributed by atoms with Crippen molar-refractivity contribution in [3.8, 4) is 17.0 Å². The van der Waals surface area contributed by atoms with E-state index in [0.29, 0.717) is 25.0 Å². The average Bonchev–Trinajstić information content (AvgIpc) is 3.14. The van der Waals surface area contributed by atoms with Gasteiger partial charge in [-0.05, 0) is 55.9 Å². The Balaban J connectivity index is 1.27. The first kappa shape index (κ1) is 26.9. The zero-order valence-electron chi connectivity index (χ0n) is 22.8. The molecule has 1 aliphatic carbocycles. The van der Waals surface area contributed by atoms with Crippen molar-refractivity contribution in [3.05, 3.63) is 42.2 Å². The first-order valence-corrected chi connectivity index (χ1v) is 15.7. The van der Waals surface area contributed by atoms with E-state index in [2.05, 4.69) is 19.6 Å². The molecule has 212 valence electrons. The number of ether oxygens (including phenoxy) is 1. The number of carbonyl (C=O) groups is 1. The van der Waals surface area contributed by atoms with Crippen LogP contribution in [-0.2, 0) is 20.2 Å². The second-order valence-electron chi connectivity index (χ2n) is 11.2. The molecule has 2 aliphatic heterocycles. The summed E-state index contributed by atoms with van der Waals surface area (Å²) in [7, 11) is -1.78. The lowest BCUT2D eigenvalue weighted by Crippen LogP contribution is -2.43. The molecule has 4 heterocycles. The molecule has 0 bridgehead atoms. The van der Waals surface area contributed by atoms with Crippen LogP contribution in [0.3, 0.4) is 0 Å². The second kappa shape index (κ2) is 10.3. The highest BCUT2D eigenvalue weighted by atomic mass is 32.2. The molecule has 0 radical (unpaired) electrons. The van der Waals surface area contributed by atoms with Gasteiger partial charge in [0.25, 0.3) is 0 Å². The second-order valence-corrected chi connectivity index (χ2v) is 13.0. The van der Waals surface area contributed by atoms with Crippen molar-refractivity contribution >= 4 is 38.2 Å². The number of likely N-dealkylation sites (N-methyl/N-ethyl adjacent to an activating group) is 1. The Labute approximate surface area is 233 Å². The predicted molar refractivity (Wildman–Crippen MR) is 153 cm³/mol. The summed E-state index contributed by atoms with van der Waals surface area (Å²) in [6, 6.07) is 7.61. The molecular weight excluding hydrogens is 533 g/mol. The fourth-order valence-electron chi connectivity index (χ4n) is 6.23. The number of rotatable bonds is 8. The number of anilines is 2. The summed E-state index contributed by atoms with van der Waals surface area (Å²) >= 11 is 0. The summed E-state index contributed by atoms with van der Waals surface area (Å²) in [5, 5.41) is 0.933. The van der Waals surface area contributed by atoms with Gasteiger partial charge in [0, 0.05) is 49.4 Å². The van der Waals surface area contributed by atoms with Crippen molar-refractivity contribution in [2.45, 2.75) is 50.1 Å². The number of fused-ring (bicyclic) bond motifs is 4. The molecule has 2 fully saturated rings. The number of piperidine rings is 1. The van der Waals surface area contributed by atoms with Gasteiger partial charge in [0.2, 0.25) is 21.8 Å².